The van der Waals surface area contributed by atoms with Crippen molar-refractivity contribution in [3.8, 4) is 11.6 Å². The number of benzene rings is 1. The van der Waals surface area contributed by atoms with E-state index in [1.54, 1.807) is 18.4 Å². The average molecular weight is 365 g/mol. The Morgan fingerprint density at radius 2 is 2.30 bits per heavy atom. The molecule has 0 aliphatic carbocycles. The van der Waals surface area contributed by atoms with Crippen molar-refractivity contribution in [3.05, 3.63) is 59.6 Å². The number of furan rings is 1. The van der Waals surface area contributed by atoms with Gasteiger partial charge in [0.15, 0.2) is 5.76 Å². The number of nitrogens with one attached hydrogen (secondary N) is 2. The van der Waals surface area contributed by atoms with E-state index in [9.17, 15) is 4.79 Å². The van der Waals surface area contributed by atoms with E-state index in [2.05, 4.69) is 38.5 Å². The van der Waals surface area contributed by atoms with Crippen molar-refractivity contribution in [2.24, 2.45) is 0 Å². The molecular weight excluding hydrogens is 342 g/mol. The molecule has 1 aromatic carbocycles. The zero-order valence-corrected chi connectivity index (χ0v) is 15.3. The summed E-state index contributed by atoms with van der Waals surface area (Å²) < 4.78 is 5.27. The first kappa shape index (κ1) is 17.5. The van der Waals surface area contributed by atoms with Crippen LogP contribution >= 0.6 is 0 Å². The topological polar surface area (TPSA) is 87.1 Å². The molecule has 0 saturated carbocycles. The molecule has 2 aromatic heterocycles. The van der Waals surface area contributed by atoms with Crippen molar-refractivity contribution in [3.63, 3.8) is 0 Å². The fraction of sp³-hybridized carbons (Fsp3) is 0.350. The van der Waals surface area contributed by atoms with E-state index in [0.717, 1.165) is 13.1 Å². The summed E-state index contributed by atoms with van der Waals surface area (Å²) in [5, 5.41) is 9.83. The lowest BCUT2D eigenvalue weighted by Gasteiger charge is -2.30. The van der Waals surface area contributed by atoms with Gasteiger partial charge in [-0.05, 0) is 62.2 Å². The van der Waals surface area contributed by atoms with Crippen molar-refractivity contribution < 1.29 is 9.21 Å². The van der Waals surface area contributed by atoms with Gasteiger partial charge >= 0.3 is 0 Å². The Morgan fingerprint density at radius 1 is 1.37 bits per heavy atom. The Bertz CT molecular complexity index is 903. The average Bonchev–Trinajstić information content (AvgIpc) is 3.38. The van der Waals surface area contributed by atoms with Gasteiger partial charge in [0.05, 0.1) is 12.8 Å². The van der Waals surface area contributed by atoms with Gasteiger partial charge in [0.25, 0.3) is 5.91 Å². The number of aromatic amines is 1. The van der Waals surface area contributed by atoms with Gasteiger partial charge in [0.1, 0.15) is 5.82 Å². The molecule has 27 heavy (non-hydrogen) atoms. The largest absolute Gasteiger partial charge is 0.461 e. The van der Waals surface area contributed by atoms with E-state index in [-0.39, 0.29) is 12.5 Å². The normalized spacial score (nSPS) is 17.7. The summed E-state index contributed by atoms with van der Waals surface area (Å²) in [4.78, 5) is 19.2. The number of likely N-dealkylation sites (tertiary alicyclic amines) is 1. The van der Waals surface area contributed by atoms with Crippen LogP contribution < -0.4 is 5.32 Å². The third-order valence-electron chi connectivity index (χ3n) is 4.93. The van der Waals surface area contributed by atoms with Crippen LogP contribution in [0.15, 0.2) is 47.1 Å². The van der Waals surface area contributed by atoms with Crippen LogP contribution in [0.1, 0.15) is 40.5 Å². The van der Waals surface area contributed by atoms with Crippen molar-refractivity contribution in [1.82, 2.24) is 25.4 Å². The molecule has 7 heteroatoms. The molecule has 3 aromatic rings. The van der Waals surface area contributed by atoms with Crippen LogP contribution in [0.4, 0.5) is 0 Å². The molecule has 0 bridgehead atoms. The smallest absolute Gasteiger partial charge is 0.251 e. The number of hydrogen-bond donors (Lipinski definition) is 2. The predicted molar refractivity (Wildman–Crippen MR) is 101 cm³/mol. The van der Waals surface area contributed by atoms with Crippen molar-refractivity contribution in [2.75, 3.05) is 20.1 Å². The molecular formula is C20H23N5O2. The molecule has 0 radical (unpaired) electrons. The highest BCUT2D eigenvalue weighted by Gasteiger charge is 2.20. The lowest BCUT2D eigenvalue weighted by atomic mass is 9.90. The summed E-state index contributed by atoms with van der Waals surface area (Å²) in [6, 6.07) is 11.5. The zero-order chi connectivity index (χ0) is 18.6. The summed E-state index contributed by atoms with van der Waals surface area (Å²) in [5.74, 6) is 2.03. The van der Waals surface area contributed by atoms with Gasteiger partial charge < -0.3 is 14.6 Å². The predicted octanol–water partition coefficient (Wildman–Crippen LogP) is 2.80. The van der Waals surface area contributed by atoms with E-state index in [4.69, 9.17) is 4.42 Å². The molecule has 1 aliphatic heterocycles. The molecule has 1 aliphatic rings. The molecule has 1 saturated heterocycles. The van der Waals surface area contributed by atoms with E-state index in [1.165, 1.54) is 18.4 Å². The minimum absolute atomic E-state index is 0.114. The number of rotatable bonds is 5. The van der Waals surface area contributed by atoms with Gasteiger partial charge in [-0.15, -0.1) is 5.10 Å². The maximum atomic E-state index is 12.6. The second-order valence-electron chi connectivity index (χ2n) is 6.99. The lowest BCUT2D eigenvalue weighted by Crippen LogP contribution is -2.31. The number of aromatic nitrogens is 3. The van der Waals surface area contributed by atoms with Crippen LogP contribution in [-0.4, -0.2) is 46.1 Å². The summed E-state index contributed by atoms with van der Waals surface area (Å²) in [5.41, 5.74) is 1.90. The van der Waals surface area contributed by atoms with Crippen LogP contribution in [0, 0.1) is 0 Å². The Kier molecular flexibility index (Phi) is 5.02. The van der Waals surface area contributed by atoms with Crippen molar-refractivity contribution in [2.45, 2.75) is 25.3 Å². The molecule has 7 nitrogen and oxygen atoms in total. The first-order valence-corrected chi connectivity index (χ1v) is 9.21. The standard InChI is InChI=1S/C20H23N5O2/c1-25-9-3-7-16(13-25)14-5-2-6-15(11-14)20(26)21-12-18-22-19(24-23-18)17-8-4-10-27-17/h2,4-6,8,10-11,16H,3,7,9,12-13H2,1H3,(H,21,26)(H,22,23,24). The monoisotopic (exact) mass is 365 g/mol. The van der Waals surface area contributed by atoms with Gasteiger partial charge in [-0.25, -0.2) is 4.98 Å². The van der Waals surface area contributed by atoms with Crippen molar-refractivity contribution >= 4 is 5.91 Å². The van der Waals surface area contributed by atoms with Gasteiger partial charge in [0.2, 0.25) is 5.82 Å². The van der Waals surface area contributed by atoms with Crippen molar-refractivity contribution in [1.29, 1.82) is 0 Å². The number of likely N-dealkylation sites (N-methyl/N-ethyl adjacent to an activating group) is 1. The third kappa shape index (κ3) is 4.09. The summed E-state index contributed by atoms with van der Waals surface area (Å²) in [6.45, 7) is 2.47. The Morgan fingerprint density at radius 3 is 3.11 bits per heavy atom. The Balaban J connectivity index is 1.39. The number of H-pyrrole nitrogens is 1. The first-order valence-electron chi connectivity index (χ1n) is 9.21. The zero-order valence-electron chi connectivity index (χ0n) is 15.3. The maximum Gasteiger partial charge on any atom is 0.251 e. The number of piperidine rings is 1. The van der Waals surface area contributed by atoms with Crippen LogP contribution in [0.25, 0.3) is 11.6 Å². The number of amides is 1. The minimum atomic E-state index is -0.114. The summed E-state index contributed by atoms with van der Waals surface area (Å²) >= 11 is 0. The van der Waals surface area contributed by atoms with Crippen LogP contribution in [0.2, 0.25) is 0 Å². The molecule has 1 unspecified atom stereocenters. The Hall–Kier alpha value is -2.93. The van der Waals surface area contributed by atoms with Gasteiger partial charge in [-0.3, -0.25) is 9.89 Å². The second-order valence-corrected chi connectivity index (χ2v) is 6.99. The fourth-order valence-electron chi connectivity index (χ4n) is 3.53. The summed E-state index contributed by atoms with van der Waals surface area (Å²) in [7, 11) is 2.15. The fourth-order valence-corrected chi connectivity index (χ4v) is 3.53. The maximum absolute atomic E-state index is 12.6. The minimum Gasteiger partial charge on any atom is -0.461 e. The van der Waals surface area contributed by atoms with Crippen LogP contribution in [0.3, 0.4) is 0 Å². The molecule has 0 spiro atoms. The quantitative estimate of drug-likeness (QED) is 0.726. The number of nitrogens with zero attached hydrogens (tertiary/aromatic N) is 3. The van der Waals surface area contributed by atoms with E-state index in [1.807, 2.05) is 18.2 Å². The molecule has 4 rings (SSSR count). The number of carbonyl (C=O) groups excluding carboxylic acids is 1. The van der Waals surface area contributed by atoms with Crippen LogP contribution in [0.5, 0.6) is 0 Å². The third-order valence-corrected chi connectivity index (χ3v) is 4.93. The highest BCUT2D eigenvalue weighted by atomic mass is 16.3. The summed E-state index contributed by atoms with van der Waals surface area (Å²) in [6.07, 6.45) is 3.94. The lowest BCUT2D eigenvalue weighted by molar-refractivity contribution is 0.0949. The van der Waals surface area contributed by atoms with E-state index in [0.29, 0.717) is 28.9 Å². The van der Waals surface area contributed by atoms with E-state index < -0.39 is 0 Å². The Labute approximate surface area is 157 Å². The highest BCUT2D eigenvalue weighted by molar-refractivity contribution is 5.94. The van der Waals surface area contributed by atoms with Gasteiger partial charge in [-0.2, -0.15) is 0 Å². The van der Waals surface area contributed by atoms with Crippen LogP contribution in [-0.2, 0) is 6.54 Å². The molecule has 1 amide bonds. The number of hydrogen-bond acceptors (Lipinski definition) is 5. The first-order chi connectivity index (χ1) is 13.2. The van der Waals surface area contributed by atoms with Gasteiger partial charge in [-0.1, -0.05) is 12.1 Å². The van der Waals surface area contributed by atoms with Gasteiger partial charge in [0, 0.05) is 12.1 Å². The molecule has 2 N–H and O–H groups in total. The van der Waals surface area contributed by atoms with E-state index >= 15 is 0 Å². The second kappa shape index (κ2) is 7.75. The molecule has 140 valence electrons. The molecule has 3 heterocycles. The molecule has 1 fully saturated rings. The molecule has 1 atom stereocenters. The number of carbonyl (C=O) groups is 1. The highest BCUT2D eigenvalue weighted by Crippen LogP contribution is 2.26. The SMILES string of the molecule is CN1CCCC(c2cccc(C(=O)NCc3nc(-c4ccco4)n[nH]3)c2)C1.